The topological polar surface area (TPSA) is 39.9 Å². The number of rotatable bonds is 1. The number of thiophene rings is 1. The second-order valence-corrected chi connectivity index (χ2v) is 11.7. The molecule has 0 bridgehead atoms. The van der Waals surface area contributed by atoms with Gasteiger partial charge in [-0.3, -0.25) is 4.57 Å². The van der Waals surface area contributed by atoms with Gasteiger partial charge in [-0.1, -0.05) is 72.8 Å². The van der Waals surface area contributed by atoms with Crippen LogP contribution in [0.5, 0.6) is 11.5 Å². The van der Waals surface area contributed by atoms with Gasteiger partial charge in [0.05, 0.1) is 33.2 Å². The van der Waals surface area contributed by atoms with Crippen LogP contribution >= 0.6 is 11.3 Å². The van der Waals surface area contributed by atoms with E-state index in [4.69, 9.17) is 14.7 Å². The van der Waals surface area contributed by atoms with Crippen molar-refractivity contribution in [2.24, 2.45) is 0 Å². The summed E-state index contributed by atoms with van der Waals surface area (Å²) in [6.45, 7) is 0. The standard InChI is InChI=1S/C36H19N3OS/c1-2-9-21-20(8-1)16-17-30-33(21)35-34-26(12-7-14-29(34)40-30)37-36(38-35)39-27-13-5-3-10-22(27)24-18-25-23-11-4-6-15-31(23)41-32(25)19-28(24)39/h1-19H. The van der Waals surface area contributed by atoms with E-state index in [0.29, 0.717) is 5.95 Å². The summed E-state index contributed by atoms with van der Waals surface area (Å²) in [7, 11) is 0. The van der Waals surface area contributed by atoms with Gasteiger partial charge in [-0.2, -0.15) is 0 Å². The Bertz CT molecular complexity index is 2580. The van der Waals surface area contributed by atoms with Crippen molar-refractivity contribution in [3.05, 3.63) is 115 Å². The van der Waals surface area contributed by atoms with Gasteiger partial charge >= 0.3 is 0 Å². The summed E-state index contributed by atoms with van der Waals surface area (Å²) >= 11 is 1.83. The first-order valence-corrected chi connectivity index (χ1v) is 14.5. The molecule has 10 rings (SSSR count). The average molecular weight is 542 g/mol. The third-order valence-electron chi connectivity index (χ3n) is 8.39. The molecular formula is C36H19N3OS. The van der Waals surface area contributed by atoms with E-state index >= 15 is 0 Å². The Labute approximate surface area is 237 Å². The molecule has 0 amide bonds. The Morgan fingerprint density at radius 3 is 2.34 bits per heavy atom. The number of nitrogens with zero attached hydrogens (tertiary/aromatic N) is 3. The Morgan fingerprint density at radius 2 is 1.39 bits per heavy atom. The maximum Gasteiger partial charge on any atom is 0.235 e. The van der Waals surface area contributed by atoms with Crippen molar-refractivity contribution in [3.8, 4) is 28.7 Å². The van der Waals surface area contributed by atoms with Gasteiger partial charge in [-0.25, -0.2) is 9.97 Å². The van der Waals surface area contributed by atoms with Crippen LogP contribution in [0.3, 0.4) is 0 Å². The van der Waals surface area contributed by atoms with Gasteiger partial charge in [0, 0.05) is 30.9 Å². The van der Waals surface area contributed by atoms with Crippen LogP contribution in [0.15, 0.2) is 115 Å². The number of benzene rings is 6. The van der Waals surface area contributed by atoms with E-state index in [1.165, 1.54) is 30.9 Å². The van der Waals surface area contributed by atoms with Crippen molar-refractivity contribution in [3.63, 3.8) is 0 Å². The summed E-state index contributed by atoms with van der Waals surface area (Å²) in [5, 5.41) is 8.22. The van der Waals surface area contributed by atoms with Crippen LogP contribution in [0.25, 0.3) is 80.9 Å². The van der Waals surface area contributed by atoms with E-state index in [2.05, 4.69) is 108 Å². The SMILES string of the molecule is c1ccc2c3c(ccc2c1)Oc1cccc2nc(-n4c5ccccc5c5cc6c(cc54)sc4ccccc46)nc-3c12. The van der Waals surface area contributed by atoms with Gasteiger partial charge in [0.15, 0.2) is 0 Å². The lowest BCUT2D eigenvalue weighted by molar-refractivity contribution is 0.487. The molecule has 0 fully saturated rings. The Hall–Kier alpha value is -5.26. The van der Waals surface area contributed by atoms with E-state index in [0.717, 1.165) is 55.5 Å². The molecule has 0 spiro atoms. The second-order valence-electron chi connectivity index (χ2n) is 10.6. The number of ether oxygens (including phenoxy) is 1. The molecule has 9 aromatic rings. The van der Waals surface area contributed by atoms with Crippen molar-refractivity contribution in [1.82, 2.24) is 14.5 Å². The van der Waals surface area contributed by atoms with E-state index in [-0.39, 0.29) is 0 Å². The molecule has 1 aliphatic rings. The van der Waals surface area contributed by atoms with E-state index in [9.17, 15) is 0 Å². The lowest BCUT2D eigenvalue weighted by Crippen LogP contribution is -2.07. The molecule has 0 saturated carbocycles. The molecular weight excluding hydrogens is 522 g/mol. The molecule has 190 valence electrons. The first-order chi connectivity index (χ1) is 20.3. The highest BCUT2D eigenvalue weighted by molar-refractivity contribution is 7.25. The lowest BCUT2D eigenvalue weighted by Gasteiger charge is -2.22. The zero-order valence-corrected chi connectivity index (χ0v) is 22.4. The largest absolute Gasteiger partial charge is 0.456 e. The van der Waals surface area contributed by atoms with E-state index in [1.807, 2.05) is 23.5 Å². The Balaban J connectivity index is 1.36. The molecule has 0 N–H and O–H groups in total. The van der Waals surface area contributed by atoms with Crippen LogP contribution in [0.1, 0.15) is 0 Å². The lowest BCUT2D eigenvalue weighted by atomic mass is 9.96. The number of hydrogen-bond acceptors (Lipinski definition) is 4. The number of para-hydroxylation sites is 1. The highest BCUT2D eigenvalue weighted by Gasteiger charge is 2.26. The minimum absolute atomic E-state index is 0.664. The van der Waals surface area contributed by atoms with Crippen molar-refractivity contribution >= 4 is 75.0 Å². The average Bonchev–Trinajstić information content (AvgIpc) is 3.54. The van der Waals surface area contributed by atoms with E-state index in [1.54, 1.807) is 0 Å². The van der Waals surface area contributed by atoms with Crippen LogP contribution in [-0.2, 0) is 0 Å². The van der Waals surface area contributed by atoms with Crippen LogP contribution < -0.4 is 4.74 Å². The first-order valence-electron chi connectivity index (χ1n) is 13.7. The van der Waals surface area contributed by atoms with Crippen molar-refractivity contribution in [2.45, 2.75) is 0 Å². The van der Waals surface area contributed by atoms with Gasteiger partial charge < -0.3 is 4.74 Å². The summed E-state index contributed by atoms with van der Waals surface area (Å²) in [5.74, 6) is 2.28. The zero-order chi connectivity index (χ0) is 26.7. The molecule has 0 saturated heterocycles. The van der Waals surface area contributed by atoms with E-state index < -0.39 is 0 Å². The Morgan fingerprint density at radius 1 is 0.561 bits per heavy atom. The second kappa shape index (κ2) is 7.68. The predicted molar refractivity (Wildman–Crippen MR) is 170 cm³/mol. The van der Waals surface area contributed by atoms with Gasteiger partial charge in [0.1, 0.15) is 11.5 Å². The van der Waals surface area contributed by atoms with Crippen LogP contribution in [0.4, 0.5) is 0 Å². The fourth-order valence-electron chi connectivity index (χ4n) is 6.61. The minimum Gasteiger partial charge on any atom is -0.456 e. The van der Waals surface area contributed by atoms with Crippen molar-refractivity contribution < 1.29 is 4.74 Å². The number of hydrogen-bond donors (Lipinski definition) is 0. The quantitative estimate of drug-likeness (QED) is 0.208. The molecule has 0 atom stereocenters. The summed E-state index contributed by atoms with van der Waals surface area (Å²) in [5.41, 5.74) is 5.00. The summed E-state index contributed by atoms with van der Waals surface area (Å²) < 4.78 is 11.2. The summed E-state index contributed by atoms with van der Waals surface area (Å²) in [6.07, 6.45) is 0. The highest BCUT2D eigenvalue weighted by Crippen LogP contribution is 2.48. The molecule has 4 nitrogen and oxygen atoms in total. The summed E-state index contributed by atoms with van der Waals surface area (Å²) in [6, 6.07) is 40.6. The Kier molecular flexibility index (Phi) is 4.04. The fourth-order valence-corrected chi connectivity index (χ4v) is 7.73. The molecule has 6 aromatic carbocycles. The first kappa shape index (κ1) is 21.5. The van der Waals surface area contributed by atoms with Crippen LogP contribution in [-0.4, -0.2) is 14.5 Å². The third kappa shape index (κ3) is 2.83. The fraction of sp³-hybridized carbons (Fsp3) is 0. The minimum atomic E-state index is 0.664. The molecule has 1 aliphatic heterocycles. The summed E-state index contributed by atoms with van der Waals surface area (Å²) in [4.78, 5) is 10.5. The van der Waals surface area contributed by atoms with Crippen LogP contribution in [0.2, 0.25) is 0 Å². The van der Waals surface area contributed by atoms with Crippen molar-refractivity contribution in [2.75, 3.05) is 0 Å². The number of aromatic nitrogens is 3. The molecule has 4 heterocycles. The monoisotopic (exact) mass is 541 g/mol. The smallest absolute Gasteiger partial charge is 0.235 e. The maximum atomic E-state index is 6.42. The normalized spacial score (nSPS) is 12.6. The molecule has 0 radical (unpaired) electrons. The van der Waals surface area contributed by atoms with Gasteiger partial charge in [0.2, 0.25) is 5.95 Å². The third-order valence-corrected chi connectivity index (χ3v) is 9.53. The number of fused-ring (bicyclic) bond motifs is 10. The maximum absolute atomic E-state index is 6.42. The molecule has 3 aromatic heterocycles. The van der Waals surface area contributed by atoms with Crippen LogP contribution in [0, 0.1) is 0 Å². The molecule has 0 aliphatic carbocycles. The predicted octanol–water partition coefficient (Wildman–Crippen LogP) is 10.0. The van der Waals surface area contributed by atoms with Gasteiger partial charge in [0.25, 0.3) is 0 Å². The molecule has 41 heavy (non-hydrogen) atoms. The highest BCUT2D eigenvalue weighted by atomic mass is 32.1. The van der Waals surface area contributed by atoms with Crippen molar-refractivity contribution in [1.29, 1.82) is 0 Å². The molecule has 0 unspecified atom stereocenters. The van der Waals surface area contributed by atoms with Gasteiger partial charge in [-0.05, 0) is 53.2 Å². The van der Waals surface area contributed by atoms with Gasteiger partial charge in [-0.15, -0.1) is 11.3 Å². The zero-order valence-electron chi connectivity index (χ0n) is 21.6. The molecule has 5 heteroatoms.